The van der Waals surface area contributed by atoms with E-state index in [-0.39, 0.29) is 22.7 Å². The summed E-state index contributed by atoms with van der Waals surface area (Å²) >= 11 is 5.75. The van der Waals surface area contributed by atoms with E-state index >= 15 is 0 Å². The molecule has 0 unspecified atom stereocenters. The van der Waals surface area contributed by atoms with Crippen molar-refractivity contribution >= 4 is 23.2 Å². The molecule has 1 amide bonds. The summed E-state index contributed by atoms with van der Waals surface area (Å²) in [6.07, 6.45) is 1.73. The number of carbonyl (C=O) groups is 1. The second kappa shape index (κ2) is 7.93. The molecule has 1 N–H and O–H groups in total. The molecule has 6 heteroatoms. The molecule has 2 aromatic rings. The van der Waals surface area contributed by atoms with E-state index in [1.165, 1.54) is 30.3 Å². The largest absolute Gasteiger partial charge is 0.326 e. The monoisotopic (exact) mass is 364 g/mol. The summed E-state index contributed by atoms with van der Waals surface area (Å²) in [5.41, 5.74) is 1.51. The Kier molecular flexibility index (Phi) is 5.66. The number of halogens is 3. The lowest BCUT2D eigenvalue weighted by Gasteiger charge is -2.32. The van der Waals surface area contributed by atoms with Crippen LogP contribution in [0.4, 0.5) is 14.5 Å². The Balaban J connectivity index is 1.59. The predicted molar refractivity (Wildman–Crippen MR) is 94.4 cm³/mol. The molecule has 1 aliphatic heterocycles. The summed E-state index contributed by atoms with van der Waals surface area (Å²) < 4.78 is 26.2. The lowest BCUT2D eigenvalue weighted by atomic mass is 9.96. The van der Waals surface area contributed by atoms with Crippen molar-refractivity contribution in [3.05, 3.63) is 64.7 Å². The zero-order chi connectivity index (χ0) is 17.8. The van der Waals surface area contributed by atoms with Crippen LogP contribution in [0.15, 0.2) is 42.5 Å². The molecule has 25 heavy (non-hydrogen) atoms. The van der Waals surface area contributed by atoms with Crippen LogP contribution in [-0.2, 0) is 11.3 Å². The SMILES string of the molecule is O=C(Nc1ccc(F)c(Cl)c1)[C@H]1CCCN(Cc2ccc(F)cc2)C1. The smallest absolute Gasteiger partial charge is 0.228 e. The van der Waals surface area contributed by atoms with Gasteiger partial charge in [-0.15, -0.1) is 0 Å². The standard InChI is InChI=1S/C19H19ClF2N2O/c20-17-10-16(7-8-18(17)22)23-19(25)14-2-1-9-24(12-14)11-13-3-5-15(21)6-4-13/h3-8,10,14H,1-2,9,11-12H2,(H,23,25)/t14-/m0/s1. The Morgan fingerprint density at radius 3 is 2.68 bits per heavy atom. The topological polar surface area (TPSA) is 32.3 Å². The summed E-state index contributed by atoms with van der Waals surface area (Å²) in [7, 11) is 0. The lowest BCUT2D eigenvalue weighted by molar-refractivity contribution is -0.121. The van der Waals surface area contributed by atoms with Crippen molar-refractivity contribution < 1.29 is 13.6 Å². The first-order chi connectivity index (χ1) is 12.0. The van der Waals surface area contributed by atoms with Gasteiger partial charge < -0.3 is 5.32 Å². The average molecular weight is 365 g/mol. The number of amides is 1. The third-order valence-corrected chi connectivity index (χ3v) is 4.67. The zero-order valence-corrected chi connectivity index (χ0v) is 14.4. The normalized spacial score (nSPS) is 18.1. The van der Waals surface area contributed by atoms with Crippen LogP contribution in [0.25, 0.3) is 0 Å². The third kappa shape index (κ3) is 4.77. The number of anilines is 1. The first kappa shape index (κ1) is 17.8. The Morgan fingerprint density at radius 2 is 1.96 bits per heavy atom. The van der Waals surface area contributed by atoms with Crippen molar-refractivity contribution in [2.24, 2.45) is 5.92 Å². The van der Waals surface area contributed by atoms with Crippen LogP contribution in [-0.4, -0.2) is 23.9 Å². The second-order valence-electron chi connectivity index (χ2n) is 6.32. The predicted octanol–water partition coefficient (Wildman–Crippen LogP) is 4.47. The van der Waals surface area contributed by atoms with Crippen LogP contribution in [0.5, 0.6) is 0 Å². The second-order valence-corrected chi connectivity index (χ2v) is 6.73. The van der Waals surface area contributed by atoms with E-state index in [2.05, 4.69) is 10.2 Å². The Morgan fingerprint density at radius 1 is 1.20 bits per heavy atom. The summed E-state index contributed by atoms with van der Waals surface area (Å²) in [6, 6.07) is 10.6. The van der Waals surface area contributed by atoms with Crippen molar-refractivity contribution in [2.45, 2.75) is 19.4 Å². The molecule has 1 heterocycles. The highest BCUT2D eigenvalue weighted by Gasteiger charge is 2.26. The van der Waals surface area contributed by atoms with Gasteiger partial charge in [-0.05, 0) is 55.3 Å². The fourth-order valence-electron chi connectivity index (χ4n) is 3.08. The van der Waals surface area contributed by atoms with Crippen LogP contribution < -0.4 is 5.32 Å². The van der Waals surface area contributed by atoms with Gasteiger partial charge in [0.05, 0.1) is 10.9 Å². The Bertz CT molecular complexity index is 752. The highest BCUT2D eigenvalue weighted by Crippen LogP contribution is 2.23. The number of hydrogen-bond donors (Lipinski definition) is 1. The van der Waals surface area contributed by atoms with Gasteiger partial charge in [0.2, 0.25) is 5.91 Å². The molecule has 3 rings (SSSR count). The van der Waals surface area contributed by atoms with Gasteiger partial charge in [0.1, 0.15) is 11.6 Å². The molecule has 0 spiro atoms. The summed E-state index contributed by atoms with van der Waals surface area (Å²) in [5, 5.41) is 2.79. The number of nitrogens with one attached hydrogen (secondary N) is 1. The molecular formula is C19H19ClF2N2O. The van der Waals surface area contributed by atoms with Crippen molar-refractivity contribution in [3.63, 3.8) is 0 Å². The summed E-state index contributed by atoms with van der Waals surface area (Å²) in [6.45, 7) is 2.23. The minimum absolute atomic E-state index is 0.0145. The molecular weight excluding hydrogens is 346 g/mol. The van der Waals surface area contributed by atoms with E-state index in [1.54, 1.807) is 12.1 Å². The summed E-state index contributed by atoms with van der Waals surface area (Å²) in [4.78, 5) is 14.7. The van der Waals surface area contributed by atoms with Gasteiger partial charge in [0.25, 0.3) is 0 Å². The van der Waals surface area contributed by atoms with Crippen molar-refractivity contribution in [3.8, 4) is 0 Å². The maximum atomic E-state index is 13.2. The lowest BCUT2D eigenvalue weighted by Crippen LogP contribution is -2.40. The van der Waals surface area contributed by atoms with E-state index in [1.807, 2.05) is 0 Å². The molecule has 0 saturated carbocycles. The van der Waals surface area contributed by atoms with Crippen LogP contribution >= 0.6 is 11.6 Å². The van der Waals surface area contributed by atoms with Gasteiger partial charge in [-0.3, -0.25) is 9.69 Å². The van der Waals surface area contributed by atoms with Crippen molar-refractivity contribution in [1.29, 1.82) is 0 Å². The number of nitrogens with zero attached hydrogens (tertiary/aromatic N) is 1. The number of likely N-dealkylation sites (tertiary alicyclic amines) is 1. The molecule has 1 fully saturated rings. The highest BCUT2D eigenvalue weighted by molar-refractivity contribution is 6.31. The fraction of sp³-hybridized carbons (Fsp3) is 0.316. The van der Waals surface area contributed by atoms with Crippen molar-refractivity contribution in [2.75, 3.05) is 18.4 Å². The number of carbonyl (C=O) groups excluding carboxylic acids is 1. The van der Waals surface area contributed by atoms with Crippen LogP contribution in [0.1, 0.15) is 18.4 Å². The van der Waals surface area contributed by atoms with E-state index in [9.17, 15) is 13.6 Å². The molecule has 1 atom stereocenters. The van der Waals surface area contributed by atoms with Gasteiger partial charge in [0.15, 0.2) is 0 Å². The summed E-state index contributed by atoms with van der Waals surface area (Å²) in [5.74, 6) is -0.995. The molecule has 1 aliphatic rings. The highest BCUT2D eigenvalue weighted by atomic mass is 35.5. The molecule has 1 saturated heterocycles. The van der Waals surface area contributed by atoms with Crippen LogP contribution in [0.2, 0.25) is 5.02 Å². The minimum Gasteiger partial charge on any atom is -0.326 e. The van der Waals surface area contributed by atoms with Crippen LogP contribution in [0.3, 0.4) is 0 Å². The number of piperidine rings is 1. The van der Waals surface area contributed by atoms with E-state index in [4.69, 9.17) is 11.6 Å². The first-order valence-corrected chi connectivity index (χ1v) is 8.62. The molecule has 0 aliphatic carbocycles. The first-order valence-electron chi connectivity index (χ1n) is 8.24. The Hall–Kier alpha value is -1.98. The number of hydrogen-bond acceptors (Lipinski definition) is 2. The molecule has 132 valence electrons. The molecule has 3 nitrogen and oxygen atoms in total. The zero-order valence-electron chi connectivity index (χ0n) is 13.6. The Labute approximate surface area is 150 Å². The van der Waals surface area contributed by atoms with Gasteiger partial charge in [-0.1, -0.05) is 23.7 Å². The van der Waals surface area contributed by atoms with E-state index < -0.39 is 5.82 Å². The maximum absolute atomic E-state index is 13.2. The molecule has 0 aromatic heterocycles. The minimum atomic E-state index is -0.511. The van der Waals surface area contributed by atoms with Gasteiger partial charge >= 0.3 is 0 Å². The average Bonchev–Trinajstić information content (AvgIpc) is 2.60. The van der Waals surface area contributed by atoms with E-state index in [0.717, 1.165) is 24.9 Å². The molecule has 2 aromatic carbocycles. The van der Waals surface area contributed by atoms with Crippen molar-refractivity contribution in [1.82, 2.24) is 4.90 Å². The molecule has 0 bridgehead atoms. The van der Waals surface area contributed by atoms with Gasteiger partial charge in [-0.25, -0.2) is 8.78 Å². The van der Waals surface area contributed by atoms with E-state index in [0.29, 0.717) is 18.8 Å². The fourth-order valence-corrected chi connectivity index (χ4v) is 3.26. The molecule has 0 radical (unpaired) electrons. The van der Waals surface area contributed by atoms with Gasteiger partial charge in [-0.2, -0.15) is 0 Å². The number of benzene rings is 2. The quantitative estimate of drug-likeness (QED) is 0.868. The maximum Gasteiger partial charge on any atom is 0.228 e. The van der Waals surface area contributed by atoms with Gasteiger partial charge in [0, 0.05) is 18.8 Å². The number of rotatable bonds is 4. The van der Waals surface area contributed by atoms with Crippen LogP contribution in [0, 0.1) is 17.6 Å². The third-order valence-electron chi connectivity index (χ3n) is 4.38.